The number of halogens is 1. The van der Waals surface area contributed by atoms with E-state index in [-0.39, 0.29) is 18.1 Å². The fourth-order valence-corrected chi connectivity index (χ4v) is 3.75. The van der Waals surface area contributed by atoms with E-state index in [1.807, 2.05) is 45.0 Å². The molecule has 36 heavy (non-hydrogen) atoms. The van der Waals surface area contributed by atoms with Crippen molar-refractivity contribution in [3.8, 4) is 17.6 Å². The summed E-state index contributed by atoms with van der Waals surface area (Å²) in [6.07, 6.45) is 1.48. The Kier molecular flexibility index (Phi) is 9.25. The summed E-state index contributed by atoms with van der Waals surface area (Å²) >= 11 is 3.43. The number of nitrogens with zero attached hydrogens (tertiary/aromatic N) is 1. The number of rotatable bonds is 9. The van der Waals surface area contributed by atoms with Gasteiger partial charge in [0.25, 0.3) is 11.8 Å². The molecule has 0 spiro atoms. The maximum absolute atomic E-state index is 12.6. The second-order valence-corrected chi connectivity index (χ2v) is 8.78. The molecule has 0 heterocycles. The van der Waals surface area contributed by atoms with Gasteiger partial charge in [0, 0.05) is 11.4 Å². The van der Waals surface area contributed by atoms with Gasteiger partial charge >= 0.3 is 0 Å². The first-order chi connectivity index (χ1) is 17.3. The highest BCUT2D eigenvalue weighted by atomic mass is 79.9. The SMILES string of the molecule is CCOc1ccc(NC(=O)/C(C#N)=C/c2ccc(OCC(=O)Nc3cc(C)ccc3C)c(Br)c2)cc1. The molecule has 3 aromatic rings. The summed E-state index contributed by atoms with van der Waals surface area (Å²) in [4.78, 5) is 24.9. The smallest absolute Gasteiger partial charge is 0.266 e. The number of nitrogens with one attached hydrogen (secondary N) is 2. The molecule has 0 aliphatic rings. The quantitative estimate of drug-likeness (QED) is 0.251. The van der Waals surface area contributed by atoms with E-state index in [0.717, 1.165) is 16.8 Å². The minimum absolute atomic E-state index is 0.0580. The first-order valence-electron chi connectivity index (χ1n) is 11.2. The number of hydrogen-bond donors (Lipinski definition) is 2. The van der Waals surface area contributed by atoms with Crippen LogP contribution in [0.15, 0.2) is 70.7 Å². The molecule has 0 aliphatic carbocycles. The first kappa shape index (κ1) is 26.5. The van der Waals surface area contributed by atoms with Crippen LogP contribution >= 0.6 is 15.9 Å². The number of ether oxygens (including phenoxy) is 2. The maximum atomic E-state index is 12.6. The summed E-state index contributed by atoms with van der Waals surface area (Å²) in [5.41, 5.74) is 3.87. The number of carbonyl (C=O) groups excluding carboxylic acids is 2. The lowest BCUT2D eigenvalue weighted by Crippen LogP contribution is -2.20. The number of amides is 2. The van der Waals surface area contributed by atoms with Crippen molar-refractivity contribution >= 4 is 45.2 Å². The Bertz CT molecular complexity index is 1330. The lowest BCUT2D eigenvalue weighted by atomic mass is 10.1. The van der Waals surface area contributed by atoms with Crippen LogP contribution < -0.4 is 20.1 Å². The van der Waals surface area contributed by atoms with E-state index in [9.17, 15) is 14.9 Å². The van der Waals surface area contributed by atoms with Gasteiger partial charge in [0.1, 0.15) is 23.1 Å². The normalized spacial score (nSPS) is 10.8. The third kappa shape index (κ3) is 7.45. The van der Waals surface area contributed by atoms with Crippen molar-refractivity contribution in [3.63, 3.8) is 0 Å². The summed E-state index contributed by atoms with van der Waals surface area (Å²) in [5, 5.41) is 15.1. The standard InChI is InChI=1S/C28H26BrN3O4/c1-4-35-23-10-8-22(9-11-23)31-28(34)21(16-30)14-20-7-12-26(24(29)15-20)36-17-27(33)32-25-13-18(2)5-6-19(25)3/h5-15H,4,17H2,1-3H3,(H,31,34)(H,32,33)/b21-14+. The summed E-state index contributed by atoms with van der Waals surface area (Å²) in [6, 6.07) is 19.7. The molecular weight excluding hydrogens is 522 g/mol. The third-order valence-electron chi connectivity index (χ3n) is 5.08. The van der Waals surface area contributed by atoms with Crippen molar-refractivity contribution in [2.45, 2.75) is 20.8 Å². The molecule has 0 bridgehead atoms. The molecule has 0 saturated heterocycles. The predicted molar refractivity (Wildman–Crippen MR) is 144 cm³/mol. The molecule has 7 nitrogen and oxygen atoms in total. The van der Waals surface area contributed by atoms with Gasteiger partial charge in [0.15, 0.2) is 6.61 Å². The third-order valence-corrected chi connectivity index (χ3v) is 5.70. The van der Waals surface area contributed by atoms with E-state index in [4.69, 9.17) is 9.47 Å². The lowest BCUT2D eigenvalue weighted by Gasteiger charge is -2.11. The minimum atomic E-state index is -0.527. The van der Waals surface area contributed by atoms with E-state index in [1.54, 1.807) is 42.5 Å². The molecule has 2 N–H and O–H groups in total. The highest BCUT2D eigenvalue weighted by Gasteiger charge is 2.12. The van der Waals surface area contributed by atoms with Crippen molar-refractivity contribution in [2.75, 3.05) is 23.8 Å². The van der Waals surface area contributed by atoms with Crippen LogP contribution in [-0.4, -0.2) is 25.0 Å². The Morgan fingerprint density at radius 3 is 2.42 bits per heavy atom. The highest BCUT2D eigenvalue weighted by Crippen LogP contribution is 2.27. The molecule has 0 fully saturated rings. The molecule has 0 aromatic heterocycles. The van der Waals surface area contributed by atoms with E-state index < -0.39 is 5.91 Å². The van der Waals surface area contributed by atoms with Crippen LogP contribution in [-0.2, 0) is 9.59 Å². The van der Waals surface area contributed by atoms with Gasteiger partial charge < -0.3 is 20.1 Å². The Morgan fingerprint density at radius 2 is 1.75 bits per heavy atom. The van der Waals surface area contributed by atoms with Crippen LogP contribution in [0.4, 0.5) is 11.4 Å². The fourth-order valence-electron chi connectivity index (χ4n) is 3.24. The Morgan fingerprint density at radius 1 is 1.00 bits per heavy atom. The Labute approximate surface area is 218 Å². The molecule has 0 radical (unpaired) electrons. The van der Waals surface area contributed by atoms with Crippen molar-refractivity contribution in [1.29, 1.82) is 5.26 Å². The van der Waals surface area contributed by atoms with Gasteiger partial charge in [-0.25, -0.2) is 0 Å². The van der Waals surface area contributed by atoms with Crippen LogP contribution in [0.3, 0.4) is 0 Å². The zero-order valence-corrected chi connectivity index (χ0v) is 21.8. The highest BCUT2D eigenvalue weighted by molar-refractivity contribution is 9.10. The zero-order valence-electron chi connectivity index (χ0n) is 20.2. The zero-order chi connectivity index (χ0) is 26.1. The molecule has 0 unspecified atom stereocenters. The van der Waals surface area contributed by atoms with Gasteiger partial charge in [0.05, 0.1) is 11.1 Å². The molecular formula is C28H26BrN3O4. The van der Waals surface area contributed by atoms with Crippen LogP contribution in [0.5, 0.6) is 11.5 Å². The van der Waals surface area contributed by atoms with Crippen molar-refractivity contribution in [1.82, 2.24) is 0 Å². The van der Waals surface area contributed by atoms with Gasteiger partial charge in [-0.2, -0.15) is 5.26 Å². The molecule has 2 amide bonds. The van der Waals surface area contributed by atoms with Crippen LogP contribution in [0.1, 0.15) is 23.6 Å². The molecule has 0 atom stereocenters. The number of carbonyl (C=O) groups is 2. The van der Waals surface area contributed by atoms with Gasteiger partial charge in [-0.15, -0.1) is 0 Å². The van der Waals surface area contributed by atoms with E-state index in [0.29, 0.717) is 33.8 Å². The largest absolute Gasteiger partial charge is 0.494 e. The minimum Gasteiger partial charge on any atom is -0.494 e. The summed E-state index contributed by atoms with van der Waals surface area (Å²) in [5.74, 6) is 0.348. The van der Waals surface area contributed by atoms with E-state index >= 15 is 0 Å². The van der Waals surface area contributed by atoms with Gasteiger partial charge in [0.2, 0.25) is 0 Å². The van der Waals surface area contributed by atoms with Crippen LogP contribution in [0.25, 0.3) is 6.08 Å². The fraction of sp³-hybridized carbons (Fsp3) is 0.179. The van der Waals surface area contributed by atoms with Gasteiger partial charge in [-0.3, -0.25) is 9.59 Å². The predicted octanol–water partition coefficient (Wildman–Crippen LogP) is 6.03. The van der Waals surface area contributed by atoms with E-state index in [2.05, 4.69) is 26.6 Å². The molecule has 184 valence electrons. The average molecular weight is 548 g/mol. The van der Waals surface area contributed by atoms with Crippen LogP contribution in [0, 0.1) is 25.2 Å². The second kappa shape index (κ2) is 12.6. The molecule has 3 rings (SSSR count). The Balaban J connectivity index is 1.62. The van der Waals surface area contributed by atoms with Gasteiger partial charge in [-0.1, -0.05) is 18.2 Å². The van der Waals surface area contributed by atoms with Crippen molar-refractivity contribution in [3.05, 3.63) is 87.4 Å². The number of hydrogen-bond acceptors (Lipinski definition) is 5. The maximum Gasteiger partial charge on any atom is 0.266 e. The molecule has 0 saturated carbocycles. The molecule has 3 aromatic carbocycles. The number of nitriles is 1. The number of benzene rings is 3. The monoisotopic (exact) mass is 547 g/mol. The summed E-state index contributed by atoms with van der Waals surface area (Å²) in [7, 11) is 0. The van der Waals surface area contributed by atoms with E-state index in [1.165, 1.54) is 6.08 Å². The average Bonchev–Trinajstić information content (AvgIpc) is 2.85. The summed E-state index contributed by atoms with van der Waals surface area (Å²) in [6.45, 7) is 6.15. The number of aryl methyl sites for hydroxylation is 2. The lowest BCUT2D eigenvalue weighted by molar-refractivity contribution is -0.118. The van der Waals surface area contributed by atoms with Gasteiger partial charge in [-0.05, 0) is 102 Å². The first-order valence-corrected chi connectivity index (χ1v) is 12.0. The Hall–Kier alpha value is -4.09. The second-order valence-electron chi connectivity index (χ2n) is 7.93. The number of anilines is 2. The summed E-state index contributed by atoms with van der Waals surface area (Å²) < 4.78 is 11.6. The van der Waals surface area contributed by atoms with Crippen molar-refractivity contribution in [2.24, 2.45) is 0 Å². The molecule has 8 heteroatoms. The molecule has 0 aliphatic heterocycles. The van der Waals surface area contributed by atoms with Crippen molar-refractivity contribution < 1.29 is 19.1 Å². The topological polar surface area (TPSA) is 100 Å². The van der Waals surface area contributed by atoms with Crippen LogP contribution in [0.2, 0.25) is 0 Å².